The van der Waals surface area contributed by atoms with Crippen LogP contribution < -0.4 is 9.47 Å². The van der Waals surface area contributed by atoms with Crippen molar-refractivity contribution in [3.8, 4) is 28.3 Å². The van der Waals surface area contributed by atoms with Crippen molar-refractivity contribution < 1.29 is 14.3 Å². The Balaban J connectivity index is 1.60. The molecular weight excluding hydrogens is 430 g/mol. The van der Waals surface area contributed by atoms with E-state index < -0.39 is 0 Å². The molecule has 2 aliphatic rings. The summed E-state index contributed by atoms with van der Waals surface area (Å²) in [5.41, 5.74) is 3.39. The molecule has 8 heteroatoms. The molecular formula is C26H31N5O3. The number of likely N-dealkylation sites (tertiary alicyclic amines) is 1. The van der Waals surface area contributed by atoms with Gasteiger partial charge in [0.2, 0.25) is 0 Å². The molecule has 0 spiro atoms. The SMILES string of the molecule is COc1ccc(OC)c(-c2cc(C(=O)N3C[C@]4(C)C[C@@H]3CC(C)(C)C4)cc(-n3cnnn3)c2)c1. The summed E-state index contributed by atoms with van der Waals surface area (Å²) in [5.74, 6) is 1.45. The van der Waals surface area contributed by atoms with Gasteiger partial charge in [-0.05, 0) is 82.5 Å². The Labute approximate surface area is 199 Å². The van der Waals surface area contributed by atoms with Crippen molar-refractivity contribution in [1.82, 2.24) is 25.1 Å². The summed E-state index contributed by atoms with van der Waals surface area (Å²) in [4.78, 5) is 16.0. The Morgan fingerprint density at radius 3 is 2.59 bits per heavy atom. The van der Waals surface area contributed by atoms with E-state index in [0.29, 0.717) is 22.7 Å². The molecule has 2 bridgehead atoms. The van der Waals surface area contributed by atoms with Crippen LogP contribution in [-0.4, -0.2) is 57.8 Å². The van der Waals surface area contributed by atoms with Crippen LogP contribution in [0.2, 0.25) is 0 Å². The van der Waals surface area contributed by atoms with Gasteiger partial charge in [0.15, 0.2) is 0 Å². The Bertz CT molecular complexity index is 1220. The van der Waals surface area contributed by atoms with Crippen LogP contribution in [0.1, 0.15) is 50.4 Å². The Morgan fingerprint density at radius 2 is 1.88 bits per heavy atom. The van der Waals surface area contributed by atoms with Gasteiger partial charge in [0, 0.05) is 23.7 Å². The number of nitrogens with zero attached hydrogens (tertiary/aromatic N) is 5. The van der Waals surface area contributed by atoms with E-state index in [9.17, 15) is 4.79 Å². The molecule has 0 N–H and O–H groups in total. The smallest absolute Gasteiger partial charge is 0.254 e. The Kier molecular flexibility index (Phi) is 5.34. The van der Waals surface area contributed by atoms with Crippen LogP contribution in [0.5, 0.6) is 11.5 Å². The fourth-order valence-electron chi connectivity index (χ4n) is 6.20. The number of rotatable bonds is 5. The standard InChI is InChI=1S/C26H31N5O3/c1-25(2)12-20-13-26(3,14-25)15-30(20)24(32)18-8-17(9-19(10-18)31-16-27-28-29-31)22-11-21(33-4)6-7-23(22)34-5/h6-11,16,20H,12-15H2,1-5H3/t20-,26+/m0/s1. The molecule has 5 rings (SSSR count). The van der Waals surface area contributed by atoms with Crippen molar-refractivity contribution >= 4 is 5.91 Å². The van der Waals surface area contributed by atoms with Gasteiger partial charge >= 0.3 is 0 Å². The van der Waals surface area contributed by atoms with E-state index in [1.807, 2.05) is 36.4 Å². The highest BCUT2D eigenvalue weighted by atomic mass is 16.5. The predicted octanol–water partition coefficient (Wildman–Crippen LogP) is 4.39. The van der Waals surface area contributed by atoms with E-state index in [-0.39, 0.29) is 22.8 Å². The third-order valence-electron chi connectivity index (χ3n) is 7.17. The van der Waals surface area contributed by atoms with Crippen LogP contribution in [-0.2, 0) is 0 Å². The van der Waals surface area contributed by atoms with Crippen LogP contribution >= 0.6 is 0 Å². The van der Waals surface area contributed by atoms with Crippen LogP contribution in [0.15, 0.2) is 42.7 Å². The van der Waals surface area contributed by atoms with Crippen molar-refractivity contribution in [2.45, 2.75) is 46.1 Å². The summed E-state index contributed by atoms with van der Waals surface area (Å²) in [6.07, 6.45) is 4.75. The Hall–Kier alpha value is -3.42. The normalized spacial score (nSPS) is 23.1. The maximum atomic E-state index is 13.9. The molecule has 1 aliphatic carbocycles. The van der Waals surface area contributed by atoms with Crippen molar-refractivity contribution in [3.63, 3.8) is 0 Å². The first-order chi connectivity index (χ1) is 16.2. The number of tetrazole rings is 1. The molecule has 1 amide bonds. The van der Waals surface area contributed by atoms with E-state index >= 15 is 0 Å². The molecule has 0 radical (unpaired) electrons. The highest BCUT2D eigenvalue weighted by Crippen LogP contribution is 2.52. The quantitative estimate of drug-likeness (QED) is 0.561. The lowest BCUT2D eigenvalue weighted by Gasteiger charge is -2.39. The first-order valence-corrected chi connectivity index (χ1v) is 11.6. The highest BCUT2D eigenvalue weighted by Gasteiger charge is 2.51. The van der Waals surface area contributed by atoms with Crippen LogP contribution in [0.4, 0.5) is 0 Å². The third kappa shape index (κ3) is 4.02. The van der Waals surface area contributed by atoms with Gasteiger partial charge in [-0.3, -0.25) is 4.79 Å². The lowest BCUT2D eigenvalue weighted by atomic mass is 9.65. The van der Waals surface area contributed by atoms with Gasteiger partial charge in [-0.25, -0.2) is 4.68 Å². The average molecular weight is 462 g/mol. The molecule has 2 aromatic carbocycles. The molecule has 2 heterocycles. The molecule has 1 saturated heterocycles. The van der Waals surface area contributed by atoms with E-state index in [4.69, 9.17) is 9.47 Å². The third-order valence-corrected chi connectivity index (χ3v) is 7.17. The first kappa shape index (κ1) is 22.4. The summed E-state index contributed by atoms with van der Waals surface area (Å²) in [6, 6.07) is 11.6. The minimum atomic E-state index is 0.0458. The molecule has 34 heavy (non-hydrogen) atoms. The van der Waals surface area contributed by atoms with Gasteiger partial charge in [-0.2, -0.15) is 0 Å². The molecule has 2 fully saturated rings. The number of fused-ring (bicyclic) bond motifs is 2. The second-order valence-corrected chi connectivity index (χ2v) is 10.7. The van der Waals surface area contributed by atoms with Gasteiger partial charge in [0.25, 0.3) is 5.91 Å². The number of methoxy groups -OCH3 is 2. The minimum Gasteiger partial charge on any atom is -0.497 e. The van der Waals surface area contributed by atoms with Gasteiger partial charge in [-0.1, -0.05) is 20.8 Å². The molecule has 2 atom stereocenters. The number of ether oxygens (including phenoxy) is 2. The largest absolute Gasteiger partial charge is 0.497 e. The van der Waals surface area contributed by atoms with E-state index in [0.717, 1.165) is 36.9 Å². The van der Waals surface area contributed by atoms with Crippen LogP contribution in [0, 0.1) is 10.8 Å². The van der Waals surface area contributed by atoms with E-state index in [1.54, 1.807) is 18.9 Å². The summed E-state index contributed by atoms with van der Waals surface area (Å²) in [6.45, 7) is 7.73. The zero-order valence-corrected chi connectivity index (χ0v) is 20.4. The molecule has 1 saturated carbocycles. The zero-order valence-electron chi connectivity index (χ0n) is 20.4. The monoisotopic (exact) mass is 461 g/mol. The number of amides is 1. The maximum absolute atomic E-state index is 13.9. The predicted molar refractivity (Wildman–Crippen MR) is 128 cm³/mol. The molecule has 0 unspecified atom stereocenters. The molecule has 1 aliphatic heterocycles. The van der Waals surface area contributed by atoms with E-state index in [1.165, 1.54) is 6.33 Å². The fraction of sp³-hybridized carbons (Fsp3) is 0.462. The minimum absolute atomic E-state index is 0.0458. The number of carbonyl (C=O) groups excluding carboxylic acids is 1. The summed E-state index contributed by atoms with van der Waals surface area (Å²) < 4.78 is 12.6. The van der Waals surface area contributed by atoms with Gasteiger partial charge in [-0.15, -0.1) is 5.10 Å². The Morgan fingerprint density at radius 1 is 1.06 bits per heavy atom. The molecule has 8 nitrogen and oxygen atoms in total. The van der Waals surface area contributed by atoms with Gasteiger partial charge in [0.05, 0.1) is 19.9 Å². The highest BCUT2D eigenvalue weighted by molar-refractivity contribution is 5.97. The average Bonchev–Trinajstić information content (AvgIpc) is 3.43. The van der Waals surface area contributed by atoms with Crippen molar-refractivity contribution in [2.75, 3.05) is 20.8 Å². The van der Waals surface area contributed by atoms with Crippen molar-refractivity contribution in [2.24, 2.45) is 10.8 Å². The van der Waals surface area contributed by atoms with Crippen LogP contribution in [0.25, 0.3) is 16.8 Å². The number of hydrogen-bond acceptors (Lipinski definition) is 6. The molecule has 3 aromatic rings. The van der Waals surface area contributed by atoms with Gasteiger partial charge < -0.3 is 14.4 Å². The number of aromatic nitrogens is 4. The lowest BCUT2D eigenvalue weighted by molar-refractivity contribution is 0.0708. The van der Waals surface area contributed by atoms with Crippen molar-refractivity contribution in [1.29, 1.82) is 0 Å². The lowest BCUT2D eigenvalue weighted by Crippen LogP contribution is -2.37. The summed E-state index contributed by atoms with van der Waals surface area (Å²) >= 11 is 0. The number of hydrogen-bond donors (Lipinski definition) is 0. The maximum Gasteiger partial charge on any atom is 0.254 e. The second-order valence-electron chi connectivity index (χ2n) is 10.7. The molecule has 1 aromatic heterocycles. The number of carbonyl (C=O) groups is 1. The van der Waals surface area contributed by atoms with E-state index in [2.05, 4.69) is 41.2 Å². The first-order valence-electron chi connectivity index (χ1n) is 11.6. The summed E-state index contributed by atoms with van der Waals surface area (Å²) in [5, 5.41) is 11.6. The topological polar surface area (TPSA) is 82.4 Å². The molecule has 178 valence electrons. The van der Waals surface area contributed by atoms with Gasteiger partial charge in [0.1, 0.15) is 17.8 Å². The zero-order chi connectivity index (χ0) is 24.1. The fourth-order valence-corrected chi connectivity index (χ4v) is 6.20. The van der Waals surface area contributed by atoms with Crippen LogP contribution in [0.3, 0.4) is 0 Å². The second kappa shape index (κ2) is 8.11. The summed E-state index contributed by atoms with van der Waals surface area (Å²) in [7, 11) is 3.26. The van der Waals surface area contributed by atoms with Crippen molar-refractivity contribution in [3.05, 3.63) is 48.3 Å². The number of benzene rings is 2.